The van der Waals surface area contributed by atoms with Gasteiger partial charge in [0, 0.05) is 10.6 Å². The molecule has 0 saturated heterocycles. The number of thiophene rings is 1. The number of carbonyl (C=O) groups excluding carboxylic acids is 1. The largest absolute Gasteiger partial charge is 0.478 e. The number of aryl methyl sites for hydroxylation is 1. The Labute approximate surface area is 118 Å². The summed E-state index contributed by atoms with van der Waals surface area (Å²) in [6.07, 6.45) is 0. The van der Waals surface area contributed by atoms with Crippen molar-refractivity contribution in [3.63, 3.8) is 0 Å². The maximum absolute atomic E-state index is 11.9. The third-order valence-corrected chi connectivity index (χ3v) is 3.73. The monoisotopic (exact) mass is 295 g/mol. The molecule has 98 valence electrons. The van der Waals surface area contributed by atoms with Gasteiger partial charge in [-0.15, -0.1) is 11.3 Å². The summed E-state index contributed by atoms with van der Waals surface area (Å²) < 4.78 is 0. The van der Waals surface area contributed by atoms with E-state index in [4.69, 9.17) is 16.7 Å². The first-order chi connectivity index (χ1) is 8.97. The second kappa shape index (κ2) is 5.42. The van der Waals surface area contributed by atoms with Crippen LogP contribution in [0.15, 0.2) is 30.3 Å². The zero-order valence-electron chi connectivity index (χ0n) is 9.94. The fourth-order valence-electron chi connectivity index (χ4n) is 1.52. The molecule has 0 aliphatic rings. The predicted molar refractivity (Wildman–Crippen MR) is 75.4 cm³/mol. The summed E-state index contributed by atoms with van der Waals surface area (Å²) in [5.41, 5.74) is 0.470. The van der Waals surface area contributed by atoms with Crippen LogP contribution < -0.4 is 5.32 Å². The van der Waals surface area contributed by atoms with Crippen LogP contribution in [0.2, 0.25) is 5.02 Å². The molecule has 19 heavy (non-hydrogen) atoms. The summed E-state index contributed by atoms with van der Waals surface area (Å²) in [6, 6.07) is 7.89. The molecule has 0 spiro atoms. The van der Waals surface area contributed by atoms with E-state index in [1.54, 1.807) is 6.07 Å². The maximum atomic E-state index is 11.9. The number of carbonyl (C=O) groups is 2. The van der Waals surface area contributed by atoms with Gasteiger partial charge < -0.3 is 10.4 Å². The van der Waals surface area contributed by atoms with E-state index in [1.807, 2.05) is 13.0 Å². The van der Waals surface area contributed by atoms with E-state index in [2.05, 4.69) is 5.32 Å². The standard InChI is InChI=1S/C13H10ClNO3S/c1-7-2-5-11(19-7)12(16)15-8-3-4-9(13(17)18)10(14)6-8/h2-6H,1H3,(H,15,16)(H,17,18). The average molecular weight is 296 g/mol. The Morgan fingerprint density at radius 2 is 2.00 bits per heavy atom. The molecular formula is C13H10ClNO3S. The Morgan fingerprint density at radius 3 is 2.53 bits per heavy atom. The van der Waals surface area contributed by atoms with Gasteiger partial charge in [-0.25, -0.2) is 4.79 Å². The third kappa shape index (κ3) is 3.13. The summed E-state index contributed by atoms with van der Waals surface area (Å²) >= 11 is 7.22. The molecule has 0 fully saturated rings. The first-order valence-electron chi connectivity index (χ1n) is 5.38. The first kappa shape index (κ1) is 13.6. The van der Waals surface area contributed by atoms with Crippen molar-refractivity contribution in [3.05, 3.63) is 50.7 Å². The second-order valence-corrected chi connectivity index (χ2v) is 5.56. The lowest BCUT2D eigenvalue weighted by Crippen LogP contribution is -2.10. The molecule has 0 atom stereocenters. The molecule has 0 aliphatic heterocycles. The predicted octanol–water partition coefficient (Wildman–Crippen LogP) is 3.66. The average Bonchev–Trinajstić information content (AvgIpc) is 2.75. The van der Waals surface area contributed by atoms with Crippen LogP contribution in [0.5, 0.6) is 0 Å². The number of amides is 1. The molecular weight excluding hydrogens is 286 g/mol. The molecule has 1 heterocycles. The molecule has 1 aromatic carbocycles. The van der Waals surface area contributed by atoms with Gasteiger partial charge in [0.05, 0.1) is 15.5 Å². The van der Waals surface area contributed by atoms with Crippen LogP contribution in [0.3, 0.4) is 0 Å². The summed E-state index contributed by atoms with van der Waals surface area (Å²) in [5.74, 6) is -1.34. The maximum Gasteiger partial charge on any atom is 0.337 e. The van der Waals surface area contributed by atoms with Crippen LogP contribution in [0.4, 0.5) is 5.69 Å². The van der Waals surface area contributed by atoms with E-state index in [9.17, 15) is 9.59 Å². The highest BCUT2D eigenvalue weighted by Crippen LogP contribution is 2.22. The molecule has 1 amide bonds. The molecule has 0 unspecified atom stereocenters. The van der Waals surface area contributed by atoms with Crippen molar-refractivity contribution in [2.45, 2.75) is 6.92 Å². The van der Waals surface area contributed by atoms with Gasteiger partial charge in [0.2, 0.25) is 0 Å². The topological polar surface area (TPSA) is 66.4 Å². The Hall–Kier alpha value is -1.85. The minimum atomic E-state index is -1.10. The number of benzene rings is 1. The molecule has 6 heteroatoms. The molecule has 2 rings (SSSR count). The summed E-state index contributed by atoms with van der Waals surface area (Å²) in [4.78, 5) is 24.3. The van der Waals surface area contributed by atoms with Gasteiger partial charge in [-0.3, -0.25) is 4.79 Å². The highest BCUT2D eigenvalue weighted by atomic mass is 35.5. The fourth-order valence-corrected chi connectivity index (χ4v) is 2.54. The first-order valence-corrected chi connectivity index (χ1v) is 6.57. The smallest absolute Gasteiger partial charge is 0.337 e. The van der Waals surface area contributed by atoms with Gasteiger partial charge in [-0.05, 0) is 37.3 Å². The van der Waals surface area contributed by atoms with Crippen LogP contribution in [0, 0.1) is 6.92 Å². The summed E-state index contributed by atoms with van der Waals surface area (Å²) in [7, 11) is 0. The second-order valence-electron chi connectivity index (χ2n) is 3.86. The van der Waals surface area contributed by atoms with Crippen LogP contribution in [-0.4, -0.2) is 17.0 Å². The Morgan fingerprint density at radius 1 is 1.26 bits per heavy atom. The third-order valence-electron chi connectivity index (χ3n) is 2.42. The molecule has 1 aromatic heterocycles. The highest BCUT2D eigenvalue weighted by molar-refractivity contribution is 7.14. The normalized spacial score (nSPS) is 10.2. The van der Waals surface area contributed by atoms with Crippen molar-refractivity contribution in [3.8, 4) is 0 Å². The number of hydrogen-bond donors (Lipinski definition) is 2. The van der Waals surface area contributed by atoms with Gasteiger partial charge >= 0.3 is 5.97 Å². The van der Waals surface area contributed by atoms with E-state index >= 15 is 0 Å². The van der Waals surface area contributed by atoms with Crippen LogP contribution in [0.1, 0.15) is 24.9 Å². The van der Waals surface area contributed by atoms with Crippen molar-refractivity contribution < 1.29 is 14.7 Å². The summed E-state index contributed by atoms with van der Waals surface area (Å²) in [5, 5.41) is 11.6. The van der Waals surface area contributed by atoms with Gasteiger partial charge in [0.1, 0.15) is 0 Å². The van der Waals surface area contributed by atoms with Crippen molar-refractivity contribution >= 4 is 40.5 Å². The fraction of sp³-hybridized carbons (Fsp3) is 0.0769. The highest BCUT2D eigenvalue weighted by Gasteiger charge is 2.12. The quantitative estimate of drug-likeness (QED) is 0.908. The van der Waals surface area contributed by atoms with Gasteiger partial charge in [-0.1, -0.05) is 11.6 Å². The number of hydrogen-bond acceptors (Lipinski definition) is 3. The SMILES string of the molecule is Cc1ccc(C(=O)Nc2ccc(C(=O)O)c(Cl)c2)s1. The zero-order chi connectivity index (χ0) is 14.0. The van der Waals surface area contributed by atoms with Crippen molar-refractivity contribution in [2.24, 2.45) is 0 Å². The Kier molecular flexibility index (Phi) is 3.87. The number of carboxylic acids is 1. The summed E-state index contributed by atoms with van der Waals surface area (Å²) in [6.45, 7) is 1.92. The van der Waals surface area contributed by atoms with Gasteiger partial charge in [-0.2, -0.15) is 0 Å². The molecule has 0 aliphatic carbocycles. The number of nitrogens with one attached hydrogen (secondary N) is 1. The molecule has 0 radical (unpaired) electrons. The molecule has 0 bridgehead atoms. The van der Waals surface area contributed by atoms with E-state index in [-0.39, 0.29) is 16.5 Å². The zero-order valence-corrected chi connectivity index (χ0v) is 11.5. The minimum absolute atomic E-state index is 0.00614. The molecule has 0 saturated carbocycles. The van der Waals surface area contributed by atoms with E-state index < -0.39 is 5.97 Å². The van der Waals surface area contributed by atoms with Crippen LogP contribution in [0.25, 0.3) is 0 Å². The molecule has 2 N–H and O–H groups in total. The number of anilines is 1. The Bertz CT molecular complexity index is 651. The van der Waals surface area contributed by atoms with Crippen LogP contribution >= 0.6 is 22.9 Å². The lowest BCUT2D eigenvalue weighted by Gasteiger charge is -2.05. The number of rotatable bonds is 3. The molecule has 4 nitrogen and oxygen atoms in total. The van der Waals surface area contributed by atoms with E-state index in [0.29, 0.717) is 10.6 Å². The molecule has 2 aromatic rings. The van der Waals surface area contributed by atoms with Crippen molar-refractivity contribution in [2.75, 3.05) is 5.32 Å². The van der Waals surface area contributed by atoms with E-state index in [0.717, 1.165) is 4.88 Å². The van der Waals surface area contributed by atoms with Crippen molar-refractivity contribution in [1.29, 1.82) is 0 Å². The lowest BCUT2D eigenvalue weighted by molar-refractivity contribution is 0.0697. The van der Waals surface area contributed by atoms with E-state index in [1.165, 1.54) is 29.5 Å². The number of aromatic carboxylic acids is 1. The number of halogens is 1. The van der Waals surface area contributed by atoms with Gasteiger partial charge in [0.25, 0.3) is 5.91 Å². The minimum Gasteiger partial charge on any atom is -0.478 e. The van der Waals surface area contributed by atoms with Crippen molar-refractivity contribution in [1.82, 2.24) is 0 Å². The van der Waals surface area contributed by atoms with Gasteiger partial charge in [0.15, 0.2) is 0 Å². The number of carboxylic acid groups (broad SMARTS) is 1. The lowest BCUT2D eigenvalue weighted by atomic mass is 10.2. The van der Waals surface area contributed by atoms with Crippen LogP contribution in [-0.2, 0) is 0 Å². The Balaban J connectivity index is 2.18.